The first-order chi connectivity index (χ1) is 9.36. The van der Waals surface area contributed by atoms with Gasteiger partial charge in [0.1, 0.15) is 0 Å². The Morgan fingerprint density at radius 1 is 1.15 bits per heavy atom. The lowest BCUT2D eigenvalue weighted by molar-refractivity contribution is 0.559. The van der Waals surface area contributed by atoms with Crippen molar-refractivity contribution in [3.63, 3.8) is 0 Å². The summed E-state index contributed by atoms with van der Waals surface area (Å²) < 4.78 is 23.9. The number of hydrogen-bond donors (Lipinski definition) is 1. The van der Waals surface area contributed by atoms with E-state index in [2.05, 4.69) is 43.4 Å². The summed E-state index contributed by atoms with van der Waals surface area (Å²) in [6, 6.07) is 8.40. The zero-order chi connectivity index (χ0) is 15.2. The molecule has 0 heterocycles. The van der Waals surface area contributed by atoms with Crippen molar-refractivity contribution in [2.24, 2.45) is 0 Å². The molecule has 114 valence electrons. The van der Waals surface area contributed by atoms with Gasteiger partial charge in [-0.1, -0.05) is 36.8 Å². The van der Waals surface area contributed by atoms with Gasteiger partial charge < -0.3 is 5.32 Å². The van der Waals surface area contributed by atoms with Crippen molar-refractivity contribution in [1.82, 2.24) is 5.32 Å². The van der Waals surface area contributed by atoms with Gasteiger partial charge in [0.25, 0.3) is 0 Å². The number of rotatable bonds is 8. The quantitative estimate of drug-likeness (QED) is 0.802. The molecular weight excluding hydrogens is 270 g/mol. The van der Waals surface area contributed by atoms with Crippen molar-refractivity contribution < 1.29 is 8.42 Å². The van der Waals surface area contributed by atoms with E-state index in [0.717, 1.165) is 13.1 Å². The number of nitrogens with one attached hydrogen (secondary N) is 1. The number of hydrogen-bond acceptors (Lipinski definition) is 3. The second-order valence-corrected chi connectivity index (χ2v) is 8.30. The molecule has 0 aliphatic rings. The molecule has 0 aliphatic heterocycles. The average Bonchev–Trinajstić information content (AvgIpc) is 2.40. The SMILES string of the molecule is CCNCC(CCS(=O)(=O)C(C)C)c1ccc(C)cc1. The third-order valence-corrected chi connectivity index (χ3v) is 5.90. The lowest BCUT2D eigenvalue weighted by Crippen LogP contribution is -2.25. The van der Waals surface area contributed by atoms with Crippen LogP contribution in [-0.4, -0.2) is 32.5 Å². The van der Waals surface area contributed by atoms with Gasteiger partial charge in [-0.2, -0.15) is 0 Å². The molecule has 0 bridgehead atoms. The van der Waals surface area contributed by atoms with Crippen molar-refractivity contribution >= 4 is 9.84 Å². The fourth-order valence-electron chi connectivity index (χ4n) is 2.09. The summed E-state index contributed by atoms with van der Waals surface area (Å²) in [5.74, 6) is 0.512. The molecule has 1 aromatic carbocycles. The first kappa shape index (κ1) is 17.2. The van der Waals surface area contributed by atoms with Crippen LogP contribution < -0.4 is 5.32 Å². The molecule has 0 spiro atoms. The van der Waals surface area contributed by atoms with Gasteiger partial charge in [0.15, 0.2) is 9.84 Å². The highest BCUT2D eigenvalue weighted by Crippen LogP contribution is 2.21. The van der Waals surface area contributed by atoms with Gasteiger partial charge in [-0.05, 0) is 45.2 Å². The van der Waals surface area contributed by atoms with Gasteiger partial charge in [0, 0.05) is 6.54 Å². The van der Waals surface area contributed by atoms with E-state index < -0.39 is 9.84 Å². The van der Waals surface area contributed by atoms with Crippen molar-refractivity contribution in [2.75, 3.05) is 18.8 Å². The molecule has 0 fully saturated rings. The Balaban J connectivity index is 2.77. The highest BCUT2D eigenvalue weighted by Gasteiger charge is 2.19. The standard InChI is InChI=1S/C16H27NO2S/c1-5-17-12-16(10-11-20(18,19)13(2)3)15-8-6-14(4)7-9-15/h6-9,13,16-17H,5,10-12H2,1-4H3. The molecule has 0 aliphatic carbocycles. The van der Waals surface area contributed by atoms with Crippen LogP contribution in [0.4, 0.5) is 0 Å². The fourth-order valence-corrected chi connectivity index (χ4v) is 3.17. The van der Waals surface area contributed by atoms with Gasteiger partial charge in [-0.15, -0.1) is 0 Å². The van der Waals surface area contributed by atoms with E-state index in [1.165, 1.54) is 11.1 Å². The fraction of sp³-hybridized carbons (Fsp3) is 0.625. The van der Waals surface area contributed by atoms with Crippen LogP contribution in [0.25, 0.3) is 0 Å². The Kier molecular flexibility index (Phi) is 6.69. The van der Waals surface area contributed by atoms with E-state index in [1.54, 1.807) is 13.8 Å². The zero-order valence-electron chi connectivity index (χ0n) is 13.0. The Morgan fingerprint density at radius 3 is 2.25 bits per heavy atom. The molecule has 0 radical (unpaired) electrons. The summed E-state index contributed by atoms with van der Waals surface area (Å²) in [4.78, 5) is 0. The maximum absolute atomic E-state index is 12.0. The van der Waals surface area contributed by atoms with E-state index >= 15 is 0 Å². The maximum atomic E-state index is 12.0. The molecule has 1 atom stereocenters. The van der Waals surface area contributed by atoms with Crippen LogP contribution in [0, 0.1) is 6.92 Å². The molecule has 0 saturated carbocycles. The summed E-state index contributed by atoms with van der Waals surface area (Å²) in [6.07, 6.45) is 0.677. The number of sulfone groups is 1. The van der Waals surface area contributed by atoms with Crippen molar-refractivity contribution in [1.29, 1.82) is 0 Å². The van der Waals surface area contributed by atoms with Crippen molar-refractivity contribution in [2.45, 2.75) is 45.3 Å². The predicted molar refractivity (Wildman–Crippen MR) is 86.0 cm³/mol. The van der Waals surface area contributed by atoms with Gasteiger partial charge in [0.2, 0.25) is 0 Å². The van der Waals surface area contributed by atoms with Crippen LogP contribution >= 0.6 is 0 Å². The summed E-state index contributed by atoms with van der Waals surface area (Å²) in [5, 5.41) is 3.04. The molecule has 20 heavy (non-hydrogen) atoms. The minimum Gasteiger partial charge on any atom is -0.316 e. The summed E-state index contributed by atoms with van der Waals surface area (Å²) in [7, 11) is -2.96. The minimum atomic E-state index is -2.96. The average molecular weight is 297 g/mol. The van der Waals surface area contributed by atoms with Gasteiger partial charge in [-0.25, -0.2) is 8.42 Å². The van der Waals surface area contributed by atoms with Gasteiger partial charge in [0.05, 0.1) is 11.0 Å². The number of aryl methyl sites for hydroxylation is 1. The molecule has 3 nitrogen and oxygen atoms in total. The lowest BCUT2D eigenvalue weighted by Gasteiger charge is -2.19. The Morgan fingerprint density at radius 2 is 1.75 bits per heavy atom. The van der Waals surface area contributed by atoms with E-state index in [9.17, 15) is 8.42 Å². The first-order valence-electron chi connectivity index (χ1n) is 7.35. The Hall–Kier alpha value is -0.870. The Labute approximate surface area is 123 Å². The summed E-state index contributed by atoms with van der Waals surface area (Å²) in [5.41, 5.74) is 2.45. The second-order valence-electron chi connectivity index (χ2n) is 5.62. The summed E-state index contributed by atoms with van der Waals surface area (Å²) in [6.45, 7) is 9.36. The van der Waals surface area contributed by atoms with Crippen molar-refractivity contribution in [3.05, 3.63) is 35.4 Å². The highest BCUT2D eigenvalue weighted by molar-refractivity contribution is 7.91. The van der Waals surface area contributed by atoms with E-state index in [0.29, 0.717) is 6.42 Å². The molecule has 0 aromatic heterocycles. The molecular formula is C16H27NO2S. The zero-order valence-corrected chi connectivity index (χ0v) is 13.8. The minimum absolute atomic E-state index is 0.254. The van der Waals surface area contributed by atoms with Crippen LogP contribution in [0.1, 0.15) is 44.2 Å². The second kappa shape index (κ2) is 7.79. The van der Waals surface area contributed by atoms with E-state index in [-0.39, 0.29) is 16.9 Å². The monoisotopic (exact) mass is 297 g/mol. The highest BCUT2D eigenvalue weighted by atomic mass is 32.2. The maximum Gasteiger partial charge on any atom is 0.152 e. The number of benzene rings is 1. The van der Waals surface area contributed by atoms with E-state index in [1.807, 2.05) is 0 Å². The van der Waals surface area contributed by atoms with Crippen LogP contribution in [0.2, 0.25) is 0 Å². The van der Waals surface area contributed by atoms with Crippen molar-refractivity contribution in [3.8, 4) is 0 Å². The molecule has 0 saturated heterocycles. The van der Waals surface area contributed by atoms with E-state index in [4.69, 9.17) is 0 Å². The normalized spacial score (nSPS) is 13.7. The Bertz CT molecular complexity index is 492. The molecule has 0 amide bonds. The molecule has 4 heteroatoms. The smallest absolute Gasteiger partial charge is 0.152 e. The third kappa shape index (κ3) is 5.25. The molecule has 1 unspecified atom stereocenters. The molecule has 1 rings (SSSR count). The largest absolute Gasteiger partial charge is 0.316 e. The number of likely N-dealkylation sites (N-methyl/N-ethyl adjacent to an activating group) is 1. The van der Waals surface area contributed by atoms with Gasteiger partial charge in [-0.3, -0.25) is 0 Å². The molecule has 1 N–H and O–H groups in total. The topological polar surface area (TPSA) is 46.2 Å². The van der Waals surface area contributed by atoms with Crippen LogP contribution in [0.5, 0.6) is 0 Å². The first-order valence-corrected chi connectivity index (χ1v) is 9.07. The molecule has 1 aromatic rings. The lowest BCUT2D eigenvalue weighted by atomic mass is 9.95. The van der Waals surface area contributed by atoms with Crippen LogP contribution in [0.15, 0.2) is 24.3 Å². The predicted octanol–water partition coefficient (Wildman–Crippen LogP) is 2.90. The summed E-state index contributed by atoms with van der Waals surface area (Å²) >= 11 is 0. The van der Waals surface area contributed by atoms with Crippen LogP contribution in [0.3, 0.4) is 0 Å². The third-order valence-electron chi connectivity index (χ3n) is 3.66. The van der Waals surface area contributed by atoms with Crippen LogP contribution in [-0.2, 0) is 9.84 Å². The van der Waals surface area contributed by atoms with Gasteiger partial charge >= 0.3 is 0 Å².